The van der Waals surface area contributed by atoms with Crippen molar-refractivity contribution in [1.82, 2.24) is 4.90 Å². The zero-order chi connectivity index (χ0) is 13.1. The monoisotopic (exact) mass is 252 g/mol. The van der Waals surface area contributed by atoms with Crippen LogP contribution < -0.4 is 4.90 Å². The Morgan fingerprint density at radius 1 is 1.44 bits per heavy atom. The van der Waals surface area contributed by atoms with Gasteiger partial charge in [0.25, 0.3) is 0 Å². The van der Waals surface area contributed by atoms with E-state index in [0.717, 1.165) is 19.4 Å². The fourth-order valence-electron chi connectivity index (χ4n) is 2.43. The molecule has 0 aliphatic carbocycles. The maximum Gasteiger partial charge on any atom is 0.412 e. The van der Waals surface area contributed by atoms with Gasteiger partial charge in [0.2, 0.25) is 0 Å². The molecule has 1 aliphatic heterocycles. The topological polar surface area (TPSA) is 43.8 Å². The highest BCUT2D eigenvalue weighted by molar-refractivity contribution is 5.86. The zero-order valence-electron chi connectivity index (χ0n) is 10.3. The average molecular weight is 252 g/mol. The minimum absolute atomic E-state index is 0.0632. The molecule has 5 heteroatoms. The Balaban J connectivity index is 2.22. The normalized spacial score (nSPS) is 20.7. The molecule has 0 bridgehead atoms. The number of likely N-dealkylation sites (tertiary alicyclic amines) is 1. The first-order valence-corrected chi connectivity index (χ1v) is 6.04. The van der Waals surface area contributed by atoms with Gasteiger partial charge in [-0.1, -0.05) is 0 Å². The minimum Gasteiger partial charge on any atom is -0.465 e. The molecule has 0 unspecified atom stereocenters. The van der Waals surface area contributed by atoms with Crippen LogP contribution >= 0.6 is 0 Å². The molecule has 1 saturated heterocycles. The van der Waals surface area contributed by atoms with Crippen LogP contribution in [0, 0.1) is 5.82 Å². The average Bonchev–Trinajstić information content (AvgIpc) is 2.32. The van der Waals surface area contributed by atoms with Crippen LogP contribution in [0.25, 0.3) is 0 Å². The predicted molar refractivity (Wildman–Crippen MR) is 67.4 cm³/mol. The zero-order valence-corrected chi connectivity index (χ0v) is 10.3. The van der Waals surface area contributed by atoms with Crippen LogP contribution in [0.2, 0.25) is 0 Å². The molecular formula is C13H17FN2O2. The van der Waals surface area contributed by atoms with E-state index >= 15 is 0 Å². The fraction of sp³-hybridized carbons (Fsp3) is 0.462. The number of carboxylic acid groups (broad SMARTS) is 1. The number of likely N-dealkylation sites (N-methyl/N-ethyl adjacent to an activating group) is 1. The molecule has 1 heterocycles. The van der Waals surface area contributed by atoms with E-state index in [1.54, 1.807) is 0 Å². The van der Waals surface area contributed by atoms with Crippen LogP contribution in [0.15, 0.2) is 24.3 Å². The number of hydrogen-bond donors (Lipinski definition) is 1. The Hall–Kier alpha value is -1.62. The Morgan fingerprint density at radius 3 is 2.67 bits per heavy atom. The van der Waals surface area contributed by atoms with Crippen molar-refractivity contribution in [1.29, 1.82) is 0 Å². The maximum absolute atomic E-state index is 12.9. The highest BCUT2D eigenvalue weighted by Gasteiger charge is 2.28. The van der Waals surface area contributed by atoms with E-state index in [1.165, 1.54) is 29.2 Å². The molecular weight excluding hydrogens is 235 g/mol. The Bertz CT molecular complexity index is 422. The van der Waals surface area contributed by atoms with Gasteiger partial charge in [-0.15, -0.1) is 0 Å². The van der Waals surface area contributed by atoms with Gasteiger partial charge in [-0.05, 0) is 50.7 Å². The highest BCUT2D eigenvalue weighted by atomic mass is 19.1. The molecule has 1 aromatic rings. The predicted octanol–water partition coefficient (Wildman–Crippen LogP) is 2.40. The summed E-state index contributed by atoms with van der Waals surface area (Å²) in [5, 5.41) is 9.35. The van der Waals surface area contributed by atoms with Crippen molar-refractivity contribution in [2.75, 3.05) is 25.0 Å². The highest BCUT2D eigenvalue weighted by Crippen LogP contribution is 2.23. The molecule has 1 aromatic carbocycles. The van der Waals surface area contributed by atoms with E-state index < -0.39 is 6.09 Å². The molecule has 0 saturated carbocycles. The molecule has 18 heavy (non-hydrogen) atoms. The largest absolute Gasteiger partial charge is 0.465 e. The summed E-state index contributed by atoms with van der Waals surface area (Å²) in [5.41, 5.74) is 0.532. The second-order valence-electron chi connectivity index (χ2n) is 4.69. The molecule has 0 spiro atoms. The van der Waals surface area contributed by atoms with E-state index in [1.807, 2.05) is 7.05 Å². The molecule has 1 atom stereocenters. The second kappa shape index (κ2) is 5.35. The summed E-state index contributed by atoms with van der Waals surface area (Å²) in [6.45, 7) is 1.71. The number of carbonyl (C=O) groups is 1. The summed E-state index contributed by atoms with van der Waals surface area (Å²) in [5.74, 6) is -0.357. The van der Waals surface area contributed by atoms with E-state index in [4.69, 9.17) is 0 Å². The van der Waals surface area contributed by atoms with Gasteiger partial charge in [0, 0.05) is 12.2 Å². The van der Waals surface area contributed by atoms with Crippen molar-refractivity contribution < 1.29 is 14.3 Å². The summed E-state index contributed by atoms with van der Waals surface area (Å²) in [6.07, 6.45) is 0.835. The summed E-state index contributed by atoms with van der Waals surface area (Å²) < 4.78 is 12.9. The quantitative estimate of drug-likeness (QED) is 0.879. The van der Waals surface area contributed by atoms with E-state index in [0.29, 0.717) is 12.2 Å². The SMILES string of the molecule is CN1CCC[C@H](N(C(=O)O)c2ccc(F)cc2)C1. The van der Waals surface area contributed by atoms with Crippen molar-refractivity contribution in [2.45, 2.75) is 18.9 Å². The number of piperidine rings is 1. The number of rotatable bonds is 2. The molecule has 98 valence electrons. The van der Waals surface area contributed by atoms with E-state index in [9.17, 15) is 14.3 Å². The van der Waals surface area contributed by atoms with Crippen molar-refractivity contribution >= 4 is 11.8 Å². The number of benzene rings is 1. The van der Waals surface area contributed by atoms with Crippen LogP contribution in [0.1, 0.15) is 12.8 Å². The smallest absolute Gasteiger partial charge is 0.412 e. The van der Waals surface area contributed by atoms with Gasteiger partial charge in [-0.25, -0.2) is 9.18 Å². The Morgan fingerprint density at radius 2 is 2.11 bits per heavy atom. The van der Waals surface area contributed by atoms with Crippen molar-refractivity contribution in [3.05, 3.63) is 30.1 Å². The third-order valence-corrected chi connectivity index (χ3v) is 3.28. The van der Waals surface area contributed by atoms with Gasteiger partial charge in [0.1, 0.15) is 5.82 Å². The first kappa shape index (κ1) is 12.8. The van der Waals surface area contributed by atoms with E-state index in [-0.39, 0.29) is 11.9 Å². The van der Waals surface area contributed by atoms with Gasteiger partial charge in [-0.3, -0.25) is 4.90 Å². The maximum atomic E-state index is 12.9. The Kier molecular flexibility index (Phi) is 3.81. The van der Waals surface area contributed by atoms with E-state index in [2.05, 4.69) is 4.90 Å². The minimum atomic E-state index is -0.984. The molecule has 0 radical (unpaired) electrons. The van der Waals surface area contributed by atoms with Crippen LogP contribution in [0.4, 0.5) is 14.9 Å². The summed E-state index contributed by atoms with van der Waals surface area (Å²) in [7, 11) is 1.98. The molecule has 2 rings (SSSR count). The summed E-state index contributed by atoms with van der Waals surface area (Å²) in [6, 6.07) is 5.54. The lowest BCUT2D eigenvalue weighted by Crippen LogP contribution is -2.49. The van der Waals surface area contributed by atoms with Crippen LogP contribution in [-0.2, 0) is 0 Å². The summed E-state index contributed by atoms with van der Waals surface area (Å²) >= 11 is 0. The molecule has 1 amide bonds. The third-order valence-electron chi connectivity index (χ3n) is 3.28. The van der Waals surface area contributed by atoms with Gasteiger partial charge in [-0.2, -0.15) is 0 Å². The molecule has 1 N–H and O–H groups in total. The van der Waals surface area contributed by atoms with Gasteiger partial charge in [0.05, 0.1) is 6.04 Å². The standard InChI is InChI=1S/C13H17FN2O2/c1-15-8-2-3-12(9-15)16(13(17)18)11-6-4-10(14)5-7-11/h4-7,12H,2-3,8-9H2,1H3,(H,17,18)/t12-/m0/s1. The number of halogens is 1. The fourth-order valence-corrected chi connectivity index (χ4v) is 2.43. The Labute approximate surface area is 106 Å². The van der Waals surface area contributed by atoms with Crippen molar-refractivity contribution in [3.8, 4) is 0 Å². The molecule has 4 nitrogen and oxygen atoms in total. The number of nitrogens with zero attached hydrogens (tertiary/aromatic N) is 2. The lowest BCUT2D eigenvalue weighted by Gasteiger charge is -2.36. The van der Waals surface area contributed by atoms with Gasteiger partial charge >= 0.3 is 6.09 Å². The first-order chi connectivity index (χ1) is 8.58. The third kappa shape index (κ3) is 2.79. The molecule has 1 fully saturated rings. The second-order valence-corrected chi connectivity index (χ2v) is 4.69. The van der Waals surface area contributed by atoms with Crippen LogP contribution in [-0.4, -0.2) is 42.3 Å². The number of anilines is 1. The number of amides is 1. The van der Waals surface area contributed by atoms with Crippen molar-refractivity contribution in [2.24, 2.45) is 0 Å². The van der Waals surface area contributed by atoms with Crippen LogP contribution in [0.5, 0.6) is 0 Å². The lowest BCUT2D eigenvalue weighted by molar-refractivity contribution is 0.188. The van der Waals surface area contributed by atoms with Crippen LogP contribution in [0.3, 0.4) is 0 Å². The van der Waals surface area contributed by atoms with Crippen molar-refractivity contribution in [3.63, 3.8) is 0 Å². The first-order valence-electron chi connectivity index (χ1n) is 6.04. The number of hydrogen-bond acceptors (Lipinski definition) is 2. The lowest BCUT2D eigenvalue weighted by atomic mass is 10.0. The summed E-state index contributed by atoms with van der Waals surface area (Å²) in [4.78, 5) is 14.9. The molecule has 1 aliphatic rings. The molecule has 0 aromatic heterocycles. The van der Waals surface area contributed by atoms with Gasteiger partial charge in [0.15, 0.2) is 0 Å². The van der Waals surface area contributed by atoms with Gasteiger partial charge < -0.3 is 10.0 Å².